The van der Waals surface area contributed by atoms with E-state index in [1.807, 2.05) is 31.3 Å². The number of anilines is 2. The van der Waals surface area contributed by atoms with Gasteiger partial charge in [0.05, 0.1) is 7.11 Å². The summed E-state index contributed by atoms with van der Waals surface area (Å²) < 4.78 is 6.34. The van der Waals surface area contributed by atoms with Crippen molar-refractivity contribution in [1.82, 2.24) is 4.98 Å². The number of nitrogens with zero attached hydrogens (tertiary/aromatic N) is 1. The van der Waals surface area contributed by atoms with Crippen LogP contribution in [0.1, 0.15) is 18.1 Å². The summed E-state index contributed by atoms with van der Waals surface area (Å²) in [6.45, 7) is 4.16. The van der Waals surface area contributed by atoms with Gasteiger partial charge in [-0.3, -0.25) is 0 Å². The molecule has 3 nitrogen and oxygen atoms in total. The fraction of sp³-hybridized carbons (Fsp3) is 0.267. The van der Waals surface area contributed by atoms with Crippen LogP contribution in [0, 0.1) is 6.92 Å². The van der Waals surface area contributed by atoms with Gasteiger partial charge in [0.25, 0.3) is 0 Å². The van der Waals surface area contributed by atoms with Crippen molar-refractivity contribution in [3.63, 3.8) is 0 Å². The number of nitrogens with one attached hydrogen (secondary N) is 1. The van der Waals surface area contributed by atoms with Gasteiger partial charge in [0.15, 0.2) is 0 Å². The molecule has 0 fully saturated rings. The highest BCUT2D eigenvalue weighted by Gasteiger charge is 2.04. The molecule has 0 radical (unpaired) electrons. The van der Waals surface area contributed by atoms with Crippen molar-refractivity contribution in [3.8, 4) is 5.75 Å². The second kappa shape index (κ2) is 6.06. The summed E-state index contributed by atoms with van der Waals surface area (Å²) in [5.74, 6) is 1.76. The molecule has 0 aliphatic heterocycles. The van der Waals surface area contributed by atoms with E-state index in [9.17, 15) is 0 Å². The van der Waals surface area contributed by atoms with Crippen molar-refractivity contribution in [2.24, 2.45) is 0 Å². The van der Waals surface area contributed by atoms with Gasteiger partial charge in [-0.25, -0.2) is 4.98 Å². The molecule has 2 aromatic rings. The van der Waals surface area contributed by atoms with E-state index in [4.69, 9.17) is 4.74 Å². The fourth-order valence-corrected chi connectivity index (χ4v) is 2.11. The Morgan fingerprint density at radius 1 is 1.32 bits per heavy atom. The Labute approximate surface area is 122 Å². The number of hydrogen-bond acceptors (Lipinski definition) is 3. The second-order valence-electron chi connectivity index (χ2n) is 4.32. The first-order chi connectivity index (χ1) is 9.13. The maximum absolute atomic E-state index is 5.33. The summed E-state index contributed by atoms with van der Waals surface area (Å²) in [7, 11) is 1.70. The van der Waals surface area contributed by atoms with Crippen LogP contribution in [0.4, 0.5) is 11.5 Å². The van der Waals surface area contributed by atoms with Gasteiger partial charge in [-0.1, -0.05) is 6.92 Å². The Balaban J connectivity index is 2.25. The summed E-state index contributed by atoms with van der Waals surface area (Å²) in [6, 6.07) is 8.09. The topological polar surface area (TPSA) is 34.2 Å². The van der Waals surface area contributed by atoms with Gasteiger partial charge in [0.1, 0.15) is 11.6 Å². The van der Waals surface area contributed by atoms with Crippen LogP contribution >= 0.6 is 15.9 Å². The van der Waals surface area contributed by atoms with Crippen molar-refractivity contribution in [3.05, 3.63) is 46.1 Å². The number of benzene rings is 1. The molecule has 1 aromatic heterocycles. The Hall–Kier alpha value is -1.55. The van der Waals surface area contributed by atoms with Crippen LogP contribution in [-0.4, -0.2) is 12.1 Å². The summed E-state index contributed by atoms with van der Waals surface area (Å²) in [5, 5.41) is 3.31. The normalized spacial score (nSPS) is 10.3. The minimum atomic E-state index is 0.841. The van der Waals surface area contributed by atoms with Crippen LogP contribution in [0.3, 0.4) is 0 Å². The van der Waals surface area contributed by atoms with Crippen molar-refractivity contribution >= 4 is 27.4 Å². The van der Waals surface area contributed by atoms with E-state index < -0.39 is 0 Å². The molecule has 4 heteroatoms. The van der Waals surface area contributed by atoms with Gasteiger partial charge in [-0.05, 0) is 64.7 Å². The smallest absolute Gasteiger partial charge is 0.130 e. The Kier molecular flexibility index (Phi) is 4.43. The summed E-state index contributed by atoms with van der Waals surface area (Å²) >= 11 is 3.45. The number of aromatic nitrogens is 1. The van der Waals surface area contributed by atoms with Crippen LogP contribution < -0.4 is 10.1 Å². The lowest BCUT2D eigenvalue weighted by Crippen LogP contribution is -1.97. The molecule has 0 atom stereocenters. The molecule has 0 unspecified atom stereocenters. The van der Waals surface area contributed by atoms with Gasteiger partial charge in [-0.2, -0.15) is 0 Å². The largest absolute Gasteiger partial charge is 0.496 e. The van der Waals surface area contributed by atoms with Crippen LogP contribution in [-0.2, 0) is 6.42 Å². The highest BCUT2D eigenvalue weighted by atomic mass is 79.9. The first kappa shape index (κ1) is 13.9. The Bertz CT molecular complexity index is 584. The second-order valence-corrected chi connectivity index (χ2v) is 5.18. The third kappa shape index (κ3) is 3.26. The standard InChI is InChI=1S/C15H17BrN2O/c1-4-11-8-12(5-6-14(11)19-3)18-15-7-10(2)13(16)9-17-15/h5-9H,4H2,1-3H3,(H,17,18). The van der Waals surface area contributed by atoms with Gasteiger partial charge >= 0.3 is 0 Å². The van der Waals surface area contributed by atoms with Gasteiger partial charge in [0.2, 0.25) is 0 Å². The highest BCUT2D eigenvalue weighted by Crippen LogP contribution is 2.26. The van der Waals surface area contributed by atoms with Crippen LogP contribution in [0.2, 0.25) is 0 Å². The summed E-state index contributed by atoms with van der Waals surface area (Å²) in [4.78, 5) is 4.34. The molecule has 1 heterocycles. The zero-order valence-corrected chi connectivity index (χ0v) is 12.9. The number of methoxy groups -OCH3 is 1. The molecular formula is C15H17BrN2O. The number of ether oxygens (including phenoxy) is 1. The number of pyridine rings is 1. The monoisotopic (exact) mass is 320 g/mol. The quantitative estimate of drug-likeness (QED) is 0.902. The van der Waals surface area contributed by atoms with E-state index in [0.29, 0.717) is 0 Å². The average Bonchev–Trinajstić information content (AvgIpc) is 2.43. The summed E-state index contributed by atoms with van der Waals surface area (Å²) in [5.41, 5.74) is 3.36. The fourth-order valence-electron chi connectivity index (χ4n) is 1.89. The third-order valence-corrected chi connectivity index (χ3v) is 3.81. The molecule has 0 saturated carbocycles. The molecule has 0 amide bonds. The lowest BCUT2D eigenvalue weighted by molar-refractivity contribution is 0.410. The van der Waals surface area contributed by atoms with E-state index in [2.05, 4.69) is 39.2 Å². The number of rotatable bonds is 4. The van der Waals surface area contributed by atoms with Crippen molar-refractivity contribution in [1.29, 1.82) is 0 Å². The van der Waals surface area contributed by atoms with Crippen LogP contribution in [0.15, 0.2) is 34.9 Å². The Morgan fingerprint density at radius 2 is 2.11 bits per heavy atom. The average molecular weight is 321 g/mol. The Morgan fingerprint density at radius 3 is 2.74 bits per heavy atom. The SMILES string of the molecule is CCc1cc(Nc2cc(C)c(Br)cn2)ccc1OC. The van der Waals surface area contributed by atoms with Crippen molar-refractivity contribution < 1.29 is 4.74 Å². The predicted molar refractivity (Wildman–Crippen MR) is 82.3 cm³/mol. The summed E-state index contributed by atoms with van der Waals surface area (Å²) in [6.07, 6.45) is 2.74. The first-order valence-electron chi connectivity index (χ1n) is 6.20. The van der Waals surface area contributed by atoms with E-state index in [0.717, 1.165) is 33.7 Å². The van der Waals surface area contributed by atoms with Gasteiger partial charge in [-0.15, -0.1) is 0 Å². The molecule has 2 rings (SSSR count). The zero-order chi connectivity index (χ0) is 13.8. The molecular weight excluding hydrogens is 304 g/mol. The van der Waals surface area contributed by atoms with Gasteiger partial charge in [0, 0.05) is 16.4 Å². The number of halogens is 1. The van der Waals surface area contributed by atoms with E-state index in [1.54, 1.807) is 7.11 Å². The molecule has 1 N–H and O–H groups in total. The molecule has 1 aromatic carbocycles. The lowest BCUT2D eigenvalue weighted by atomic mass is 10.1. The third-order valence-electron chi connectivity index (χ3n) is 2.98. The first-order valence-corrected chi connectivity index (χ1v) is 6.99. The predicted octanol–water partition coefficient (Wildman–Crippen LogP) is 4.47. The highest BCUT2D eigenvalue weighted by molar-refractivity contribution is 9.10. The van der Waals surface area contributed by atoms with Crippen LogP contribution in [0.5, 0.6) is 5.75 Å². The minimum absolute atomic E-state index is 0.841. The number of hydrogen-bond donors (Lipinski definition) is 1. The van der Waals surface area contributed by atoms with Crippen molar-refractivity contribution in [2.75, 3.05) is 12.4 Å². The molecule has 0 bridgehead atoms. The molecule has 0 aliphatic rings. The van der Waals surface area contributed by atoms with Crippen molar-refractivity contribution in [2.45, 2.75) is 20.3 Å². The van der Waals surface area contributed by atoms with Crippen LogP contribution in [0.25, 0.3) is 0 Å². The number of aryl methyl sites for hydroxylation is 2. The maximum atomic E-state index is 5.33. The maximum Gasteiger partial charge on any atom is 0.130 e. The molecule has 0 saturated heterocycles. The van der Waals surface area contributed by atoms with E-state index in [1.165, 1.54) is 5.56 Å². The lowest BCUT2D eigenvalue weighted by Gasteiger charge is -2.11. The molecule has 0 spiro atoms. The molecule has 19 heavy (non-hydrogen) atoms. The minimum Gasteiger partial charge on any atom is -0.496 e. The van der Waals surface area contributed by atoms with Gasteiger partial charge < -0.3 is 10.1 Å². The van der Waals surface area contributed by atoms with E-state index in [-0.39, 0.29) is 0 Å². The zero-order valence-electron chi connectivity index (χ0n) is 11.3. The van der Waals surface area contributed by atoms with E-state index >= 15 is 0 Å². The molecule has 0 aliphatic carbocycles. The molecule has 100 valence electrons.